The van der Waals surface area contributed by atoms with E-state index in [0.717, 1.165) is 34.2 Å². The van der Waals surface area contributed by atoms with Crippen molar-refractivity contribution in [2.24, 2.45) is 35.2 Å². The summed E-state index contributed by atoms with van der Waals surface area (Å²) in [6, 6.07) is 29.0. The first-order valence-corrected chi connectivity index (χ1v) is 26.4. The molecule has 86 heavy (non-hydrogen) atoms. The molecule has 24 heteroatoms. The van der Waals surface area contributed by atoms with Crippen LogP contribution < -0.4 is 0 Å². The molecule has 448 valence electrons. The highest BCUT2D eigenvalue weighted by Crippen LogP contribution is 1.91. The van der Waals surface area contributed by atoms with Crippen LogP contribution in [0.25, 0.3) is 0 Å². The third-order valence-electron chi connectivity index (χ3n) is 9.13. The summed E-state index contributed by atoms with van der Waals surface area (Å²) >= 11 is 0. The van der Waals surface area contributed by atoms with Crippen LogP contribution in [-0.4, -0.2) is 119 Å². The van der Waals surface area contributed by atoms with Crippen LogP contribution in [0, 0.1) is 55.4 Å². The number of aryl methyl sites for hydroxylation is 13. The molecule has 0 spiro atoms. The summed E-state index contributed by atoms with van der Waals surface area (Å²) in [6.07, 6.45) is 45.4. The van der Waals surface area contributed by atoms with Crippen molar-refractivity contribution in [3.8, 4) is 0 Å². The van der Waals surface area contributed by atoms with E-state index in [1.807, 2.05) is 216 Å². The Morgan fingerprint density at radius 3 is 1.21 bits per heavy atom. The predicted octanol–water partition coefficient (Wildman–Crippen LogP) is 9.59. The van der Waals surface area contributed by atoms with Gasteiger partial charge >= 0.3 is 0 Å². The minimum Gasteiger partial charge on any atom is -0.357 e. The Morgan fingerprint density at radius 2 is 0.965 bits per heavy atom. The van der Waals surface area contributed by atoms with Crippen molar-refractivity contribution in [1.29, 1.82) is 0 Å². The summed E-state index contributed by atoms with van der Waals surface area (Å²) in [4.78, 5) is 42.2. The summed E-state index contributed by atoms with van der Waals surface area (Å²) in [5.41, 5.74) is 7.62. The highest BCUT2D eigenvalue weighted by molar-refractivity contribution is 5.06. The molecule has 0 unspecified atom stereocenters. The van der Waals surface area contributed by atoms with Crippen LogP contribution in [0.15, 0.2) is 253 Å². The van der Waals surface area contributed by atoms with E-state index in [-0.39, 0.29) is 0 Å². The Labute approximate surface area is 505 Å². The average molecular weight is 1160 g/mol. The van der Waals surface area contributed by atoms with E-state index in [9.17, 15) is 0 Å². The molecule has 0 saturated carbocycles. The van der Waals surface area contributed by atoms with Gasteiger partial charge in [-0.3, -0.25) is 39.0 Å². The van der Waals surface area contributed by atoms with E-state index in [0.29, 0.717) is 0 Å². The lowest BCUT2D eigenvalue weighted by Crippen LogP contribution is -1.85. The third-order valence-corrected chi connectivity index (χ3v) is 9.13. The van der Waals surface area contributed by atoms with Gasteiger partial charge in [-0.05, 0) is 151 Å². The Bertz CT molecular complexity index is 2700. The van der Waals surface area contributed by atoms with Gasteiger partial charge in [0.05, 0.1) is 30.1 Å². The van der Waals surface area contributed by atoms with E-state index in [1.54, 1.807) is 138 Å². The maximum Gasteiger partial charge on any atom is 0.137 e. The molecule has 0 aliphatic heterocycles. The third kappa shape index (κ3) is 48.7. The number of pyridine rings is 3. The molecule has 0 amide bonds. The van der Waals surface area contributed by atoms with Crippen molar-refractivity contribution >= 4 is 0 Å². The second-order valence-corrected chi connectivity index (χ2v) is 17.2. The molecule has 13 heterocycles. The summed E-state index contributed by atoms with van der Waals surface area (Å²) in [7, 11) is 9.48. The first kappa shape index (κ1) is 72.8. The van der Waals surface area contributed by atoms with Crippen molar-refractivity contribution in [3.63, 3.8) is 0 Å². The summed E-state index contributed by atoms with van der Waals surface area (Å²) in [5, 5.41) is 29.3. The second-order valence-electron chi connectivity index (χ2n) is 17.2. The summed E-state index contributed by atoms with van der Waals surface area (Å²) in [5.74, 6) is 0.822. The van der Waals surface area contributed by atoms with Crippen LogP contribution >= 0.6 is 0 Å². The standard InChI is InChI=1S/3C6H7N.5C5H6N2.C5H7N.2C4H6N2.2C3H5N3/c1-6-2-4-7-5-3-6;1-6-3-2-4-7-5-6;1-6-4-2-3-5-7-6;1-5-4-6-2-3-7-5;1-5-2-3-6-4-7-5;1-5-2-3-6-7-4-5;1-5-6-3-2-4-7-5;1-5-3-2-4-6-7-5;1-6-4-2-3-5-6;1-6-3-2-5-4-6;1-6-4-2-3-5-6;1-6-3-4-2-5-6;1-6-3-2-4-5-6/h3*2-5H,1H3;5*2-4H,1H3;2-5H,1H3;2*2-4H,1H3;2*2-3H,1H3. The molecule has 0 N–H and O–H groups in total. The molecule has 0 bridgehead atoms. The van der Waals surface area contributed by atoms with Gasteiger partial charge in [0.2, 0.25) is 0 Å². The monoisotopic (exact) mass is 1160 g/mol. The minimum atomic E-state index is 0.822. The predicted molar refractivity (Wildman–Crippen MR) is 335 cm³/mol. The molecule has 13 aromatic rings. The van der Waals surface area contributed by atoms with Gasteiger partial charge in [0.25, 0.3) is 0 Å². The van der Waals surface area contributed by atoms with Crippen molar-refractivity contribution in [3.05, 3.63) is 298 Å². The van der Waals surface area contributed by atoms with Gasteiger partial charge in [0, 0.05) is 171 Å². The first-order chi connectivity index (χ1) is 41.6. The fourth-order valence-corrected chi connectivity index (χ4v) is 4.79. The average Bonchev–Trinajstić information content (AvgIpc) is 4.43. The van der Waals surface area contributed by atoms with Crippen molar-refractivity contribution in [2.75, 3.05) is 0 Å². The molecule has 13 rings (SSSR count). The van der Waals surface area contributed by atoms with Gasteiger partial charge in [-0.25, -0.2) is 29.9 Å². The van der Waals surface area contributed by atoms with Crippen LogP contribution in [0.5, 0.6) is 0 Å². The van der Waals surface area contributed by atoms with Gasteiger partial charge in [0.15, 0.2) is 0 Å². The summed E-state index contributed by atoms with van der Waals surface area (Å²) in [6.45, 7) is 15.6. The van der Waals surface area contributed by atoms with Gasteiger partial charge in [0.1, 0.15) is 24.8 Å². The first-order valence-electron chi connectivity index (χ1n) is 26.4. The molecular weight excluding hydrogens is 1080 g/mol. The van der Waals surface area contributed by atoms with Gasteiger partial charge in [-0.2, -0.15) is 30.6 Å². The van der Waals surface area contributed by atoms with E-state index in [4.69, 9.17) is 0 Å². The fourth-order valence-electron chi connectivity index (χ4n) is 4.79. The highest BCUT2D eigenvalue weighted by Gasteiger charge is 1.80. The van der Waals surface area contributed by atoms with E-state index < -0.39 is 0 Å². The second kappa shape index (κ2) is 50.8. The molecule has 0 saturated heterocycles. The maximum absolute atomic E-state index is 3.98. The fraction of sp³-hybridized carbons (Fsp3) is 0.210. The number of imidazole rings is 1. The minimum absolute atomic E-state index is 0.822. The van der Waals surface area contributed by atoms with E-state index in [1.165, 1.54) is 23.8 Å². The van der Waals surface area contributed by atoms with Crippen molar-refractivity contribution < 1.29 is 0 Å². The molecule has 24 nitrogen and oxygen atoms in total. The van der Waals surface area contributed by atoms with Crippen LogP contribution in [0.2, 0.25) is 0 Å². The number of aromatic nitrogens is 24. The molecule has 0 aliphatic rings. The molecule has 13 aromatic heterocycles. The Balaban J connectivity index is 0.000000466. The molecule has 0 radical (unpaired) electrons. The summed E-state index contributed by atoms with van der Waals surface area (Å²) < 4.78 is 8.92. The van der Waals surface area contributed by atoms with Crippen molar-refractivity contribution in [1.82, 2.24) is 119 Å². The lowest BCUT2D eigenvalue weighted by atomic mass is 10.3. The van der Waals surface area contributed by atoms with Crippen LogP contribution in [-0.2, 0) is 35.2 Å². The lowest BCUT2D eigenvalue weighted by molar-refractivity contribution is 0.715. The maximum atomic E-state index is 3.98. The van der Waals surface area contributed by atoms with Crippen LogP contribution in [0.3, 0.4) is 0 Å². The van der Waals surface area contributed by atoms with E-state index in [2.05, 4.69) is 95.7 Å². The smallest absolute Gasteiger partial charge is 0.137 e. The largest absolute Gasteiger partial charge is 0.357 e. The lowest BCUT2D eigenvalue weighted by Gasteiger charge is -1.82. The Kier molecular flexibility index (Phi) is 43.0. The van der Waals surface area contributed by atoms with Gasteiger partial charge in [-0.15, -0.1) is 5.10 Å². The van der Waals surface area contributed by atoms with Crippen LogP contribution in [0.1, 0.15) is 45.3 Å². The highest BCUT2D eigenvalue weighted by atomic mass is 15.4. The molecule has 0 atom stereocenters. The van der Waals surface area contributed by atoms with E-state index >= 15 is 0 Å². The Morgan fingerprint density at radius 1 is 0.291 bits per heavy atom. The molecule has 0 aromatic carbocycles. The zero-order chi connectivity index (χ0) is 62.9. The van der Waals surface area contributed by atoms with Gasteiger partial charge in [-0.1, -0.05) is 17.3 Å². The SMILES string of the molecule is Cc1ccccn1.Cc1cccnc1.Cc1cccnn1.Cc1ccncc1.Cc1ccncn1.Cc1ccnnc1.Cc1cnccn1.Cc1ncccn1.Cn1cccc1.Cn1cccn1.Cn1ccnc1.Cn1ccnn1.Cn1cncn1. The number of hydrogen-bond acceptors (Lipinski definition) is 19. The molecule has 0 fully saturated rings. The van der Waals surface area contributed by atoms with Crippen molar-refractivity contribution in [2.45, 2.75) is 55.4 Å². The zero-order valence-electron chi connectivity index (χ0n) is 51.4. The Hall–Kier alpha value is -11.2. The topological polar surface area (TPSA) is 270 Å². The van der Waals surface area contributed by atoms with Crippen LogP contribution in [0.4, 0.5) is 0 Å². The molecule has 0 aliphatic carbocycles. The number of hydrogen-bond donors (Lipinski definition) is 0. The number of rotatable bonds is 0. The van der Waals surface area contributed by atoms with Gasteiger partial charge < -0.3 is 9.13 Å². The quantitative estimate of drug-likeness (QED) is 0.137. The number of nitrogens with zero attached hydrogens (tertiary/aromatic N) is 24. The zero-order valence-corrected chi connectivity index (χ0v) is 51.4. The normalized spacial score (nSPS) is 8.76. The molecular formula is C62H80N24.